The van der Waals surface area contributed by atoms with Crippen molar-refractivity contribution in [3.05, 3.63) is 65.4 Å². The second-order valence-corrected chi connectivity index (χ2v) is 8.67. The number of carbonyl (C=O) groups is 1. The minimum absolute atomic E-state index is 0.322. The summed E-state index contributed by atoms with van der Waals surface area (Å²) in [5, 5.41) is 0.908. The number of carbonyl (C=O) groups excluding carboxylic acids is 1. The summed E-state index contributed by atoms with van der Waals surface area (Å²) < 4.78 is 30.7. The lowest BCUT2D eigenvalue weighted by Gasteiger charge is -2.12. The lowest BCUT2D eigenvalue weighted by Crippen LogP contribution is -2.06. The molecule has 0 spiro atoms. The zero-order valence-corrected chi connectivity index (χ0v) is 16.5. The van der Waals surface area contributed by atoms with E-state index in [1.807, 2.05) is 24.3 Å². The molecule has 0 bridgehead atoms. The van der Waals surface area contributed by atoms with Gasteiger partial charge in [-0.3, -0.25) is 0 Å². The fraction of sp³-hybridized carbons (Fsp3) is 0.286. The summed E-state index contributed by atoms with van der Waals surface area (Å²) in [6, 6.07) is 14.7. The Hall–Kier alpha value is -2.60. The van der Waals surface area contributed by atoms with Gasteiger partial charge in [0.15, 0.2) is 9.84 Å². The number of nitrogens with zero attached hydrogens (tertiary/aromatic N) is 1. The van der Waals surface area contributed by atoms with Gasteiger partial charge in [0, 0.05) is 29.4 Å². The molecule has 3 aromatic rings. The molecule has 0 aliphatic heterocycles. The number of methoxy groups -OCH3 is 1. The number of benzene rings is 2. The van der Waals surface area contributed by atoms with Crippen molar-refractivity contribution in [2.24, 2.45) is 0 Å². The maximum atomic E-state index is 11.9. The quantitative estimate of drug-likeness (QED) is 0.605. The number of ether oxygens (including phenoxy) is 1. The van der Waals surface area contributed by atoms with Gasteiger partial charge in [-0.05, 0) is 48.4 Å². The van der Waals surface area contributed by atoms with E-state index in [2.05, 4.69) is 17.6 Å². The van der Waals surface area contributed by atoms with Gasteiger partial charge in [-0.15, -0.1) is 0 Å². The van der Waals surface area contributed by atoms with Crippen LogP contribution < -0.4 is 0 Å². The highest BCUT2D eigenvalue weighted by molar-refractivity contribution is 7.90. The Morgan fingerprint density at radius 3 is 2.56 bits per heavy atom. The lowest BCUT2D eigenvalue weighted by molar-refractivity contribution is 0.0600. The molecule has 0 N–H and O–H groups in total. The Kier molecular flexibility index (Phi) is 5.37. The number of fused-ring (bicyclic) bond motifs is 1. The van der Waals surface area contributed by atoms with Crippen molar-refractivity contribution in [3.8, 4) is 0 Å². The standard InChI is InChI=1S/C21H23NO4S/c1-4-6-18-12-17-13-19(27(3,24)25)9-10-20(17)22(18)14-15-7-5-8-16(11-15)21(23)26-2/h5,7-13H,4,6,14H2,1-3H3. The topological polar surface area (TPSA) is 65.4 Å². The third-order valence-corrected chi connectivity index (χ3v) is 5.69. The minimum Gasteiger partial charge on any atom is -0.465 e. The van der Waals surface area contributed by atoms with Crippen LogP contribution in [0.2, 0.25) is 0 Å². The van der Waals surface area contributed by atoms with Crippen molar-refractivity contribution in [2.45, 2.75) is 31.2 Å². The minimum atomic E-state index is -3.25. The average molecular weight is 385 g/mol. The summed E-state index contributed by atoms with van der Waals surface area (Å²) in [6.45, 7) is 2.71. The van der Waals surface area contributed by atoms with E-state index in [9.17, 15) is 13.2 Å². The number of hydrogen-bond donors (Lipinski definition) is 0. The molecule has 0 amide bonds. The molecule has 3 rings (SSSR count). The van der Waals surface area contributed by atoms with Crippen LogP contribution in [-0.2, 0) is 27.5 Å². The van der Waals surface area contributed by atoms with Crippen LogP contribution in [0, 0.1) is 0 Å². The summed E-state index contributed by atoms with van der Waals surface area (Å²) in [4.78, 5) is 12.1. The van der Waals surface area contributed by atoms with E-state index >= 15 is 0 Å². The van der Waals surface area contributed by atoms with Crippen molar-refractivity contribution in [1.82, 2.24) is 4.57 Å². The second kappa shape index (κ2) is 7.56. The van der Waals surface area contributed by atoms with Crippen molar-refractivity contribution < 1.29 is 17.9 Å². The molecule has 0 aliphatic carbocycles. The first-order valence-electron chi connectivity index (χ1n) is 8.83. The second-order valence-electron chi connectivity index (χ2n) is 6.66. The molecule has 0 atom stereocenters. The molecule has 0 radical (unpaired) electrons. The lowest BCUT2D eigenvalue weighted by atomic mass is 10.1. The largest absolute Gasteiger partial charge is 0.465 e. The third-order valence-electron chi connectivity index (χ3n) is 4.58. The van der Waals surface area contributed by atoms with Crippen molar-refractivity contribution in [1.29, 1.82) is 0 Å². The van der Waals surface area contributed by atoms with Crippen molar-refractivity contribution >= 4 is 26.7 Å². The van der Waals surface area contributed by atoms with E-state index in [1.54, 1.807) is 18.2 Å². The molecular formula is C21H23NO4S. The number of esters is 1. The van der Waals surface area contributed by atoms with Crippen LogP contribution in [0.5, 0.6) is 0 Å². The van der Waals surface area contributed by atoms with Gasteiger partial charge in [-0.2, -0.15) is 0 Å². The van der Waals surface area contributed by atoms with Gasteiger partial charge in [-0.1, -0.05) is 25.5 Å². The zero-order chi connectivity index (χ0) is 19.6. The van der Waals surface area contributed by atoms with Crippen LogP contribution in [-0.4, -0.2) is 32.3 Å². The zero-order valence-electron chi connectivity index (χ0n) is 15.7. The molecule has 0 saturated heterocycles. The number of aryl methyl sites for hydroxylation is 1. The molecule has 0 unspecified atom stereocenters. The smallest absolute Gasteiger partial charge is 0.337 e. The van der Waals surface area contributed by atoms with Crippen LogP contribution in [0.15, 0.2) is 53.4 Å². The first kappa shape index (κ1) is 19.2. The SMILES string of the molecule is CCCc1cc2cc(S(C)(=O)=O)ccc2n1Cc1cccc(C(=O)OC)c1. The monoisotopic (exact) mass is 385 g/mol. The van der Waals surface area contributed by atoms with Crippen LogP contribution >= 0.6 is 0 Å². The fourth-order valence-corrected chi connectivity index (χ4v) is 3.94. The molecule has 1 aromatic heterocycles. The van der Waals surface area contributed by atoms with Crippen LogP contribution in [0.25, 0.3) is 10.9 Å². The molecule has 142 valence electrons. The molecule has 0 saturated carbocycles. The predicted molar refractivity (Wildman–Crippen MR) is 106 cm³/mol. The third kappa shape index (κ3) is 4.06. The highest BCUT2D eigenvalue weighted by Gasteiger charge is 2.14. The number of aromatic nitrogens is 1. The summed E-state index contributed by atoms with van der Waals surface area (Å²) in [5.41, 5.74) is 3.62. The molecule has 2 aromatic carbocycles. The Labute approximate surface area is 159 Å². The highest BCUT2D eigenvalue weighted by atomic mass is 32.2. The number of hydrogen-bond acceptors (Lipinski definition) is 4. The van der Waals surface area contributed by atoms with E-state index in [4.69, 9.17) is 4.74 Å². The molecule has 6 heteroatoms. The van der Waals surface area contributed by atoms with Crippen molar-refractivity contribution in [2.75, 3.05) is 13.4 Å². The number of rotatable bonds is 6. The van der Waals surface area contributed by atoms with Gasteiger partial charge in [0.25, 0.3) is 0 Å². The van der Waals surface area contributed by atoms with E-state index in [-0.39, 0.29) is 5.97 Å². The van der Waals surface area contributed by atoms with Crippen LogP contribution in [0.4, 0.5) is 0 Å². The van der Waals surface area contributed by atoms with E-state index in [0.29, 0.717) is 17.0 Å². The highest BCUT2D eigenvalue weighted by Crippen LogP contribution is 2.25. The Balaban J connectivity index is 2.07. The summed E-state index contributed by atoms with van der Waals surface area (Å²) in [6.07, 6.45) is 3.09. The molecule has 1 heterocycles. The molecule has 0 aliphatic rings. The molecular weight excluding hydrogens is 362 g/mol. The Morgan fingerprint density at radius 1 is 1.11 bits per heavy atom. The summed E-state index contributed by atoms with van der Waals surface area (Å²) >= 11 is 0. The van der Waals surface area contributed by atoms with Gasteiger partial charge in [0.05, 0.1) is 17.6 Å². The van der Waals surface area contributed by atoms with Gasteiger partial charge >= 0.3 is 5.97 Å². The molecule has 0 fully saturated rings. The van der Waals surface area contributed by atoms with Gasteiger partial charge in [0.1, 0.15) is 0 Å². The Morgan fingerprint density at radius 2 is 1.89 bits per heavy atom. The van der Waals surface area contributed by atoms with Crippen LogP contribution in [0.1, 0.15) is 35.0 Å². The first-order valence-corrected chi connectivity index (χ1v) is 10.7. The van der Waals surface area contributed by atoms with Gasteiger partial charge in [-0.25, -0.2) is 13.2 Å². The number of sulfone groups is 1. The summed E-state index contributed by atoms with van der Waals surface area (Å²) in [7, 11) is -1.88. The first-order chi connectivity index (χ1) is 12.8. The normalized spacial score (nSPS) is 11.7. The maximum Gasteiger partial charge on any atom is 0.337 e. The molecule has 27 heavy (non-hydrogen) atoms. The van der Waals surface area contributed by atoms with E-state index < -0.39 is 9.84 Å². The summed E-state index contributed by atoms with van der Waals surface area (Å²) in [5.74, 6) is -0.360. The van der Waals surface area contributed by atoms with Crippen LogP contribution in [0.3, 0.4) is 0 Å². The Bertz CT molecular complexity index is 1100. The van der Waals surface area contributed by atoms with Gasteiger partial charge in [0.2, 0.25) is 0 Å². The van der Waals surface area contributed by atoms with Crippen molar-refractivity contribution in [3.63, 3.8) is 0 Å². The predicted octanol–water partition coefficient (Wildman–Crippen LogP) is 3.83. The maximum absolute atomic E-state index is 11.9. The van der Waals surface area contributed by atoms with E-state index in [1.165, 1.54) is 13.4 Å². The van der Waals surface area contributed by atoms with E-state index in [0.717, 1.165) is 35.0 Å². The average Bonchev–Trinajstić information content (AvgIpc) is 2.97. The molecule has 5 nitrogen and oxygen atoms in total. The van der Waals surface area contributed by atoms with Gasteiger partial charge < -0.3 is 9.30 Å². The fourth-order valence-electron chi connectivity index (χ4n) is 3.28.